The van der Waals surface area contributed by atoms with E-state index in [0.717, 1.165) is 24.8 Å². The van der Waals surface area contributed by atoms with Gasteiger partial charge in [-0.25, -0.2) is 4.79 Å². The Morgan fingerprint density at radius 1 is 1.35 bits per heavy atom. The maximum absolute atomic E-state index is 11.5. The number of carbonyl (C=O) groups excluding carboxylic acids is 1. The van der Waals surface area contributed by atoms with Gasteiger partial charge in [-0.05, 0) is 56.4 Å². The predicted molar refractivity (Wildman–Crippen MR) is 96.8 cm³/mol. The third-order valence-electron chi connectivity index (χ3n) is 3.22. The average molecular weight is 318 g/mol. The van der Waals surface area contributed by atoms with E-state index in [2.05, 4.69) is 13.2 Å². The molecule has 0 bridgehead atoms. The van der Waals surface area contributed by atoms with E-state index in [9.17, 15) is 4.79 Å². The first-order valence-electron chi connectivity index (χ1n) is 8.13. The lowest BCUT2D eigenvalue weighted by Gasteiger charge is -2.24. The minimum Gasteiger partial charge on any atom is -0.423 e. The Kier molecular flexibility index (Phi) is 10.7. The molecule has 1 aliphatic rings. The van der Waals surface area contributed by atoms with E-state index in [1.807, 2.05) is 39.0 Å². The fourth-order valence-electron chi connectivity index (χ4n) is 2.24. The van der Waals surface area contributed by atoms with Gasteiger partial charge in [0.25, 0.3) is 0 Å². The van der Waals surface area contributed by atoms with Gasteiger partial charge in [0, 0.05) is 12.7 Å². The Bertz CT molecular complexity index is 518. The molecule has 1 aliphatic carbocycles. The minimum absolute atomic E-state index is 0.109. The van der Waals surface area contributed by atoms with Gasteiger partial charge in [-0.15, -0.1) is 6.58 Å². The quantitative estimate of drug-likeness (QED) is 0.323. The highest BCUT2D eigenvalue weighted by molar-refractivity contribution is 5.88. The molecule has 3 nitrogen and oxygen atoms in total. The summed E-state index contributed by atoms with van der Waals surface area (Å²) < 4.78 is 10.7. The van der Waals surface area contributed by atoms with Gasteiger partial charge in [0.15, 0.2) is 0 Å². The lowest BCUT2D eigenvalue weighted by atomic mass is 9.89. The third-order valence-corrected chi connectivity index (χ3v) is 3.22. The van der Waals surface area contributed by atoms with Crippen LogP contribution in [0.3, 0.4) is 0 Å². The van der Waals surface area contributed by atoms with Gasteiger partial charge < -0.3 is 9.47 Å². The van der Waals surface area contributed by atoms with Gasteiger partial charge >= 0.3 is 5.97 Å². The van der Waals surface area contributed by atoms with Crippen molar-refractivity contribution in [2.45, 2.75) is 53.1 Å². The smallest absolute Gasteiger partial charge is 0.338 e. The number of methoxy groups -OCH3 is 1. The van der Waals surface area contributed by atoms with Crippen molar-refractivity contribution in [1.29, 1.82) is 0 Å². The van der Waals surface area contributed by atoms with Crippen LogP contribution in [0.1, 0.15) is 57.8 Å². The molecule has 0 amide bonds. The zero-order valence-electron chi connectivity index (χ0n) is 15.1. The number of rotatable bonds is 3. The molecule has 128 valence electrons. The predicted octanol–water partition coefficient (Wildman–Crippen LogP) is 5.41. The summed E-state index contributed by atoms with van der Waals surface area (Å²) in [5.41, 5.74) is 2.81. The highest BCUT2D eigenvalue weighted by Crippen LogP contribution is 2.34. The second kappa shape index (κ2) is 11.7. The van der Waals surface area contributed by atoms with Crippen LogP contribution in [0.25, 0.3) is 0 Å². The van der Waals surface area contributed by atoms with Crippen molar-refractivity contribution >= 4 is 5.97 Å². The van der Waals surface area contributed by atoms with E-state index in [-0.39, 0.29) is 12.1 Å². The van der Waals surface area contributed by atoms with Crippen LogP contribution in [0.5, 0.6) is 5.75 Å². The summed E-state index contributed by atoms with van der Waals surface area (Å²) in [6.45, 7) is 14.5. The first-order chi connectivity index (χ1) is 11.0. The molecule has 0 saturated heterocycles. The molecule has 0 saturated carbocycles. The molecular formula is C20H30O3. The summed E-state index contributed by atoms with van der Waals surface area (Å²) in [6.07, 6.45) is 5.07. The van der Waals surface area contributed by atoms with Gasteiger partial charge in [0.05, 0.1) is 6.10 Å². The van der Waals surface area contributed by atoms with Crippen LogP contribution in [0, 0.1) is 0 Å². The van der Waals surface area contributed by atoms with E-state index >= 15 is 0 Å². The molecule has 1 atom stereocenters. The molecule has 2 rings (SSSR count). The Morgan fingerprint density at radius 2 is 1.96 bits per heavy atom. The van der Waals surface area contributed by atoms with Gasteiger partial charge in [0.1, 0.15) is 5.75 Å². The Hall–Kier alpha value is -1.87. The van der Waals surface area contributed by atoms with Gasteiger partial charge in [-0.3, -0.25) is 0 Å². The van der Waals surface area contributed by atoms with Crippen molar-refractivity contribution in [1.82, 2.24) is 0 Å². The first-order valence-corrected chi connectivity index (χ1v) is 8.13. The summed E-state index contributed by atoms with van der Waals surface area (Å²) in [5, 5.41) is 0. The van der Waals surface area contributed by atoms with E-state index in [1.54, 1.807) is 20.1 Å². The van der Waals surface area contributed by atoms with Crippen LogP contribution in [-0.2, 0) is 16.0 Å². The second-order valence-corrected chi connectivity index (χ2v) is 5.06. The Labute approximate surface area is 141 Å². The average Bonchev–Trinajstić information content (AvgIpc) is 2.56. The van der Waals surface area contributed by atoms with Crippen molar-refractivity contribution in [3.63, 3.8) is 0 Å². The number of hydrogen-bond donors (Lipinski definition) is 0. The number of fused-ring (bicyclic) bond motifs is 1. The fraction of sp³-hybridized carbons (Fsp3) is 0.450. The van der Waals surface area contributed by atoms with E-state index in [4.69, 9.17) is 9.47 Å². The van der Waals surface area contributed by atoms with Crippen molar-refractivity contribution < 1.29 is 14.3 Å². The maximum atomic E-state index is 11.5. The van der Waals surface area contributed by atoms with Crippen LogP contribution >= 0.6 is 0 Å². The maximum Gasteiger partial charge on any atom is 0.338 e. The first kappa shape index (κ1) is 21.1. The number of benzene rings is 1. The Balaban J connectivity index is 0.000000868. The molecule has 0 heterocycles. The normalized spacial score (nSPS) is 14.9. The molecule has 23 heavy (non-hydrogen) atoms. The molecule has 0 aromatic heterocycles. The second-order valence-electron chi connectivity index (χ2n) is 5.06. The summed E-state index contributed by atoms with van der Waals surface area (Å²) in [7, 11) is 1.71. The molecule has 1 aromatic carbocycles. The molecule has 1 aromatic rings. The lowest BCUT2D eigenvalue weighted by Crippen LogP contribution is -2.13. The van der Waals surface area contributed by atoms with Crippen molar-refractivity contribution in [3.8, 4) is 5.75 Å². The largest absolute Gasteiger partial charge is 0.423 e. The number of hydrogen-bond acceptors (Lipinski definition) is 3. The zero-order chi connectivity index (χ0) is 17.8. The number of aryl methyl sites for hydroxylation is 1. The standard InChI is InChI=1S/C15H18O3.C3H6.C2H6/c1-10(2)15(16)18-12-8-7-11-5-4-6-14(17-3)13(11)9-12;1-3-2;1-2/h7-9,14H,1,4-6H2,2-3H3;3H,1H2,2H3;1-2H3. The third kappa shape index (κ3) is 6.83. The summed E-state index contributed by atoms with van der Waals surface area (Å²) in [6, 6.07) is 5.75. The molecule has 0 fully saturated rings. The molecule has 0 N–H and O–H groups in total. The van der Waals surface area contributed by atoms with Crippen molar-refractivity contribution in [2.75, 3.05) is 7.11 Å². The molecule has 3 heteroatoms. The highest BCUT2D eigenvalue weighted by Gasteiger charge is 2.20. The molecule has 0 radical (unpaired) electrons. The zero-order valence-corrected chi connectivity index (χ0v) is 15.1. The number of esters is 1. The number of carbonyl (C=O) groups is 1. The van der Waals surface area contributed by atoms with E-state index < -0.39 is 0 Å². The summed E-state index contributed by atoms with van der Waals surface area (Å²) in [4.78, 5) is 11.5. The highest BCUT2D eigenvalue weighted by atomic mass is 16.5. The van der Waals surface area contributed by atoms with Crippen LogP contribution in [-0.4, -0.2) is 13.1 Å². The van der Waals surface area contributed by atoms with Gasteiger partial charge in [0.2, 0.25) is 0 Å². The minimum atomic E-state index is -0.389. The number of ether oxygens (including phenoxy) is 2. The van der Waals surface area contributed by atoms with Crippen LogP contribution < -0.4 is 4.74 Å². The van der Waals surface area contributed by atoms with Crippen LogP contribution in [0.4, 0.5) is 0 Å². The van der Waals surface area contributed by atoms with Crippen LogP contribution in [0.15, 0.2) is 43.0 Å². The molecule has 0 aliphatic heterocycles. The monoisotopic (exact) mass is 318 g/mol. The van der Waals surface area contributed by atoms with Crippen molar-refractivity contribution in [2.24, 2.45) is 0 Å². The molecular weight excluding hydrogens is 288 g/mol. The van der Waals surface area contributed by atoms with E-state index in [0.29, 0.717) is 11.3 Å². The summed E-state index contributed by atoms with van der Waals surface area (Å²) >= 11 is 0. The van der Waals surface area contributed by atoms with Crippen LogP contribution in [0.2, 0.25) is 0 Å². The van der Waals surface area contributed by atoms with E-state index in [1.165, 1.54) is 5.56 Å². The molecule has 1 unspecified atom stereocenters. The number of allylic oxidation sites excluding steroid dienone is 1. The van der Waals surface area contributed by atoms with Crippen molar-refractivity contribution in [3.05, 3.63) is 54.1 Å². The topological polar surface area (TPSA) is 35.5 Å². The summed E-state index contributed by atoms with van der Waals surface area (Å²) in [5.74, 6) is 0.172. The Morgan fingerprint density at radius 3 is 2.48 bits per heavy atom. The van der Waals surface area contributed by atoms with Gasteiger partial charge in [-0.2, -0.15) is 0 Å². The SMILES string of the molecule is C=C(C)C(=O)Oc1ccc2c(c1)C(OC)CCC2.C=CC.CC. The fourth-order valence-corrected chi connectivity index (χ4v) is 2.24. The molecule has 0 spiro atoms. The lowest BCUT2D eigenvalue weighted by molar-refractivity contribution is -0.130. The van der Waals surface area contributed by atoms with Gasteiger partial charge in [-0.1, -0.05) is 32.6 Å².